The Morgan fingerprint density at radius 3 is 2.76 bits per heavy atom. The van der Waals surface area contributed by atoms with Gasteiger partial charge in [0.05, 0.1) is 23.0 Å². The second kappa shape index (κ2) is 4.63. The van der Waals surface area contributed by atoms with E-state index in [-0.39, 0.29) is 0 Å². The van der Waals surface area contributed by atoms with E-state index >= 15 is 0 Å². The molecule has 5 nitrogen and oxygen atoms in total. The number of anilines is 2. The molecule has 0 aromatic heterocycles. The summed E-state index contributed by atoms with van der Waals surface area (Å²) in [5, 5.41) is 3.29. The molecule has 1 aromatic rings. The lowest BCUT2D eigenvalue weighted by molar-refractivity contribution is 0.0329. The van der Waals surface area contributed by atoms with Crippen LogP contribution < -0.4 is 16.8 Å². The van der Waals surface area contributed by atoms with Crippen LogP contribution >= 0.6 is 0 Å². The molecule has 0 unspecified atom stereocenters. The molecular formula is C12H17N3O2. The fourth-order valence-corrected chi connectivity index (χ4v) is 2.00. The smallest absolute Gasteiger partial charge is 0.250 e. The van der Waals surface area contributed by atoms with Gasteiger partial charge in [-0.1, -0.05) is 6.07 Å². The van der Waals surface area contributed by atoms with E-state index in [1.54, 1.807) is 19.2 Å². The highest BCUT2D eigenvalue weighted by Gasteiger charge is 2.29. The Kier molecular flexibility index (Phi) is 3.19. The largest absolute Gasteiger partial charge is 0.396 e. The van der Waals surface area contributed by atoms with Crippen LogP contribution in [-0.2, 0) is 4.74 Å². The van der Waals surface area contributed by atoms with E-state index in [0.717, 1.165) is 18.5 Å². The summed E-state index contributed by atoms with van der Waals surface area (Å²) in [7, 11) is 1.71. The first kappa shape index (κ1) is 11.7. The molecule has 5 heteroatoms. The number of amides is 1. The van der Waals surface area contributed by atoms with E-state index in [9.17, 15) is 4.79 Å². The zero-order valence-corrected chi connectivity index (χ0v) is 9.77. The van der Waals surface area contributed by atoms with Crippen molar-refractivity contribution in [3.8, 4) is 0 Å². The molecule has 2 rings (SSSR count). The number of ether oxygens (including phenoxy) is 1. The average Bonchev–Trinajstić information content (AvgIpc) is 2.24. The maximum absolute atomic E-state index is 11.1. The number of nitrogen functional groups attached to an aromatic ring is 1. The molecule has 1 saturated carbocycles. The van der Waals surface area contributed by atoms with Gasteiger partial charge in [-0.25, -0.2) is 0 Å². The Morgan fingerprint density at radius 2 is 2.18 bits per heavy atom. The SMILES string of the molecule is COC1CC(Nc2cccc(C(N)=O)c2N)C1. The van der Waals surface area contributed by atoms with Crippen molar-refractivity contribution in [3.05, 3.63) is 23.8 Å². The number of rotatable bonds is 4. The monoisotopic (exact) mass is 235 g/mol. The number of carbonyl (C=O) groups excluding carboxylic acids is 1. The van der Waals surface area contributed by atoms with Crippen LogP contribution in [0.3, 0.4) is 0 Å². The topological polar surface area (TPSA) is 90.4 Å². The van der Waals surface area contributed by atoms with Crippen molar-refractivity contribution in [2.24, 2.45) is 5.73 Å². The van der Waals surface area contributed by atoms with Gasteiger partial charge in [-0.05, 0) is 25.0 Å². The van der Waals surface area contributed by atoms with Gasteiger partial charge < -0.3 is 21.5 Å². The second-order valence-corrected chi connectivity index (χ2v) is 4.30. The predicted octanol–water partition coefficient (Wildman–Crippen LogP) is 0.957. The molecule has 0 aliphatic heterocycles. The molecule has 0 radical (unpaired) electrons. The first-order valence-electron chi connectivity index (χ1n) is 5.59. The van der Waals surface area contributed by atoms with E-state index in [0.29, 0.717) is 23.4 Å². The van der Waals surface area contributed by atoms with E-state index < -0.39 is 5.91 Å². The van der Waals surface area contributed by atoms with E-state index in [4.69, 9.17) is 16.2 Å². The molecule has 92 valence electrons. The standard InChI is InChI=1S/C12H17N3O2/c1-17-8-5-7(6-8)15-10-4-2-3-9(11(10)13)12(14)16/h2-4,7-8,15H,5-6,13H2,1H3,(H2,14,16). The van der Waals surface area contributed by atoms with Crippen LogP contribution in [0.25, 0.3) is 0 Å². The number of benzene rings is 1. The highest BCUT2D eigenvalue weighted by molar-refractivity contribution is 6.00. The van der Waals surface area contributed by atoms with Gasteiger partial charge in [0.2, 0.25) is 0 Å². The van der Waals surface area contributed by atoms with E-state index in [1.807, 2.05) is 6.07 Å². The van der Waals surface area contributed by atoms with Crippen molar-refractivity contribution < 1.29 is 9.53 Å². The Morgan fingerprint density at radius 1 is 1.47 bits per heavy atom. The van der Waals surface area contributed by atoms with Crippen molar-refractivity contribution in [3.63, 3.8) is 0 Å². The lowest BCUT2D eigenvalue weighted by Crippen LogP contribution is -2.40. The highest BCUT2D eigenvalue weighted by atomic mass is 16.5. The lowest BCUT2D eigenvalue weighted by atomic mass is 9.89. The molecule has 1 aliphatic carbocycles. The molecule has 1 aliphatic rings. The number of para-hydroxylation sites is 1. The highest BCUT2D eigenvalue weighted by Crippen LogP contribution is 2.30. The number of methoxy groups -OCH3 is 1. The summed E-state index contributed by atoms with van der Waals surface area (Å²) in [6.45, 7) is 0. The number of carbonyl (C=O) groups is 1. The summed E-state index contributed by atoms with van der Waals surface area (Å²) in [4.78, 5) is 11.1. The number of hydrogen-bond donors (Lipinski definition) is 3. The minimum Gasteiger partial charge on any atom is -0.396 e. The minimum absolute atomic E-state index is 0.327. The molecule has 0 atom stereocenters. The second-order valence-electron chi connectivity index (χ2n) is 4.30. The lowest BCUT2D eigenvalue weighted by Gasteiger charge is -2.35. The third-order valence-corrected chi connectivity index (χ3v) is 3.16. The van der Waals surface area contributed by atoms with Gasteiger partial charge in [-0.2, -0.15) is 0 Å². The summed E-state index contributed by atoms with van der Waals surface area (Å²) in [5.74, 6) is -0.505. The molecule has 1 amide bonds. The van der Waals surface area contributed by atoms with Gasteiger partial charge in [-0.3, -0.25) is 4.79 Å². The number of nitrogens with two attached hydrogens (primary N) is 2. The summed E-state index contributed by atoms with van der Waals surface area (Å²) in [5.41, 5.74) is 12.7. The van der Waals surface area contributed by atoms with Gasteiger partial charge in [0.15, 0.2) is 0 Å². The summed E-state index contributed by atoms with van der Waals surface area (Å²) >= 11 is 0. The molecule has 5 N–H and O–H groups in total. The Bertz CT molecular complexity index is 428. The Balaban J connectivity index is 2.07. The zero-order chi connectivity index (χ0) is 12.4. The molecule has 1 fully saturated rings. The van der Waals surface area contributed by atoms with Crippen molar-refractivity contribution in [1.29, 1.82) is 0 Å². The van der Waals surface area contributed by atoms with Gasteiger partial charge in [-0.15, -0.1) is 0 Å². The summed E-state index contributed by atoms with van der Waals surface area (Å²) < 4.78 is 5.20. The number of nitrogens with one attached hydrogen (secondary N) is 1. The van der Waals surface area contributed by atoms with Gasteiger partial charge in [0.25, 0.3) is 5.91 Å². The Labute approximate surface area is 100 Å². The van der Waals surface area contributed by atoms with Crippen molar-refractivity contribution >= 4 is 17.3 Å². The van der Waals surface area contributed by atoms with Crippen LogP contribution in [0.5, 0.6) is 0 Å². The third kappa shape index (κ3) is 2.34. The zero-order valence-electron chi connectivity index (χ0n) is 9.77. The molecule has 17 heavy (non-hydrogen) atoms. The van der Waals surface area contributed by atoms with Crippen molar-refractivity contribution in [2.45, 2.75) is 25.0 Å². The van der Waals surface area contributed by atoms with Crippen LogP contribution in [0.2, 0.25) is 0 Å². The number of primary amides is 1. The fraction of sp³-hybridized carbons (Fsp3) is 0.417. The molecule has 0 spiro atoms. The van der Waals surface area contributed by atoms with Gasteiger partial charge >= 0.3 is 0 Å². The van der Waals surface area contributed by atoms with Crippen LogP contribution in [0.4, 0.5) is 11.4 Å². The predicted molar refractivity (Wildman–Crippen MR) is 66.8 cm³/mol. The molecule has 1 aromatic carbocycles. The van der Waals surface area contributed by atoms with Crippen LogP contribution in [-0.4, -0.2) is 25.2 Å². The maximum atomic E-state index is 11.1. The average molecular weight is 235 g/mol. The summed E-state index contributed by atoms with van der Waals surface area (Å²) in [6, 6.07) is 5.60. The quantitative estimate of drug-likeness (QED) is 0.678. The van der Waals surface area contributed by atoms with Gasteiger partial charge in [0.1, 0.15) is 0 Å². The van der Waals surface area contributed by atoms with Crippen LogP contribution in [0.15, 0.2) is 18.2 Å². The molecule has 0 heterocycles. The fourth-order valence-electron chi connectivity index (χ4n) is 2.00. The van der Waals surface area contributed by atoms with E-state index in [2.05, 4.69) is 5.32 Å². The molecular weight excluding hydrogens is 218 g/mol. The van der Waals surface area contributed by atoms with Gasteiger partial charge in [0, 0.05) is 13.2 Å². The van der Waals surface area contributed by atoms with Crippen molar-refractivity contribution in [1.82, 2.24) is 0 Å². The Hall–Kier alpha value is -1.75. The number of hydrogen-bond acceptors (Lipinski definition) is 4. The molecule has 0 saturated heterocycles. The maximum Gasteiger partial charge on any atom is 0.250 e. The first-order valence-corrected chi connectivity index (χ1v) is 5.59. The van der Waals surface area contributed by atoms with Crippen molar-refractivity contribution in [2.75, 3.05) is 18.2 Å². The van der Waals surface area contributed by atoms with E-state index in [1.165, 1.54) is 0 Å². The minimum atomic E-state index is -0.505. The first-order chi connectivity index (χ1) is 8.11. The summed E-state index contributed by atoms with van der Waals surface area (Å²) in [6.07, 6.45) is 2.24. The molecule has 0 bridgehead atoms. The van der Waals surface area contributed by atoms with Crippen LogP contribution in [0.1, 0.15) is 23.2 Å². The third-order valence-electron chi connectivity index (χ3n) is 3.16. The van der Waals surface area contributed by atoms with Crippen LogP contribution in [0, 0.1) is 0 Å². The normalized spacial score (nSPS) is 22.9.